The van der Waals surface area contributed by atoms with E-state index in [4.69, 9.17) is 11.1 Å². The van der Waals surface area contributed by atoms with Crippen molar-refractivity contribution in [2.45, 2.75) is 4.90 Å². The zero-order valence-corrected chi connectivity index (χ0v) is 11.3. The average Bonchev–Trinajstić information content (AvgIpc) is 2.37. The van der Waals surface area contributed by atoms with Crippen LogP contribution in [0.2, 0.25) is 0 Å². The number of pyridine rings is 1. The summed E-state index contributed by atoms with van der Waals surface area (Å²) in [5.41, 5.74) is 5.43. The van der Waals surface area contributed by atoms with Crippen LogP contribution in [0.25, 0.3) is 0 Å². The van der Waals surface area contributed by atoms with Gasteiger partial charge >= 0.3 is 0 Å². The highest BCUT2D eigenvalue weighted by molar-refractivity contribution is 7.92. The first-order valence-corrected chi connectivity index (χ1v) is 7.06. The van der Waals surface area contributed by atoms with Crippen molar-refractivity contribution in [3.05, 3.63) is 47.7 Å². The molecule has 0 saturated carbocycles. The van der Waals surface area contributed by atoms with Gasteiger partial charge < -0.3 is 11.1 Å². The summed E-state index contributed by atoms with van der Waals surface area (Å²) < 4.78 is 52.8. The summed E-state index contributed by atoms with van der Waals surface area (Å²) in [7, 11) is -4.32. The molecule has 0 saturated heterocycles. The fourth-order valence-corrected chi connectivity index (χ4v) is 2.67. The van der Waals surface area contributed by atoms with Crippen LogP contribution in [0.5, 0.6) is 0 Å². The minimum absolute atomic E-state index is 0.0453. The van der Waals surface area contributed by atoms with Crippen LogP contribution in [-0.2, 0) is 10.0 Å². The van der Waals surface area contributed by atoms with Gasteiger partial charge in [0.2, 0.25) is 5.95 Å². The first-order chi connectivity index (χ1) is 9.83. The van der Waals surface area contributed by atoms with Gasteiger partial charge in [-0.25, -0.2) is 17.8 Å². The smallest absolute Gasteiger partial charge is 0.265 e. The molecular weight excluding hydrogens is 302 g/mol. The third-order valence-electron chi connectivity index (χ3n) is 2.54. The van der Waals surface area contributed by atoms with Crippen molar-refractivity contribution in [3.63, 3.8) is 0 Å². The molecular formula is C12H10F2N4O2S. The SMILES string of the molecule is N=Cc1cc(S(=O)(=O)Nc2cccc(F)n2)c(F)cc1N. The fourth-order valence-electron chi connectivity index (χ4n) is 1.57. The number of benzene rings is 1. The van der Waals surface area contributed by atoms with E-state index < -0.39 is 26.7 Å². The van der Waals surface area contributed by atoms with E-state index in [-0.39, 0.29) is 17.1 Å². The number of nitrogen functional groups attached to an aromatic ring is 1. The van der Waals surface area contributed by atoms with E-state index in [1.807, 2.05) is 4.72 Å². The van der Waals surface area contributed by atoms with Gasteiger partial charge in [0, 0.05) is 17.5 Å². The van der Waals surface area contributed by atoms with Crippen LogP contribution in [0.1, 0.15) is 5.56 Å². The van der Waals surface area contributed by atoms with Gasteiger partial charge in [0.1, 0.15) is 16.5 Å². The maximum absolute atomic E-state index is 13.8. The molecule has 1 heterocycles. The van der Waals surface area contributed by atoms with Crippen LogP contribution in [0.15, 0.2) is 35.2 Å². The van der Waals surface area contributed by atoms with Gasteiger partial charge in [0.15, 0.2) is 0 Å². The van der Waals surface area contributed by atoms with Crippen LogP contribution in [0.4, 0.5) is 20.3 Å². The van der Waals surface area contributed by atoms with Gasteiger partial charge in [-0.2, -0.15) is 4.39 Å². The highest BCUT2D eigenvalue weighted by Crippen LogP contribution is 2.22. The number of hydrogen-bond acceptors (Lipinski definition) is 5. The molecule has 0 unspecified atom stereocenters. The molecule has 0 spiro atoms. The topological polar surface area (TPSA) is 109 Å². The van der Waals surface area contributed by atoms with Gasteiger partial charge in [-0.15, -0.1) is 0 Å². The third-order valence-corrected chi connectivity index (χ3v) is 3.91. The Bertz CT molecular complexity index is 809. The first-order valence-electron chi connectivity index (χ1n) is 5.58. The predicted molar refractivity (Wildman–Crippen MR) is 73.7 cm³/mol. The Labute approximate surface area is 119 Å². The molecule has 0 fully saturated rings. The lowest BCUT2D eigenvalue weighted by Crippen LogP contribution is -2.16. The Morgan fingerprint density at radius 1 is 1.29 bits per heavy atom. The molecule has 21 heavy (non-hydrogen) atoms. The number of anilines is 2. The molecule has 0 aliphatic rings. The van der Waals surface area contributed by atoms with Crippen LogP contribution in [0.3, 0.4) is 0 Å². The molecule has 110 valence electrons. The normalized spacial score (nSPS) is 11.1. The van der Waals surface area contributed by atoms with E-state index in [2.05, 4.69) is 4.98 Å². The van der Waals surface area contributed by atoms with Crippen LogP contribution in [0, 0.1) is 17.2 Å². The van der Waals surface area contributed by atoms with Crippen molar-refractivity contribution in [1.29, 1.82) is 5.41 Å². The Kier molecular flexibility index (Phi) is 3.85. The second kappa shape index (κ2) is 5.44. The second-order valence-corrected chi connectivity index (χ2v) is 5.66. The Balaban J connectivity index is 2.47. The highest BCUT2D eigenvalue weighted by atomic mass is 32.2. The van der Waals surface area contributed by atoms with Crippen LogP contribution < -0.4 is 10.5 Å². The van der Waals surface area contributed by atoms with Crippen molar-refractivity contribution < 1.29 is 17.2 Å². The molecule has 0 radical (unpaired) electrons. The van der Waals surface area contributed by atoms with Gasteiger partial charge in [0.05, 0.1) is 0 Å². The number of nitrogens with two attached hydrogens (primary N) is 1. The zero-order chi connectivity index (χ0) is 15.6. The number of halogens is 2. The molecule has 2 aromatic rings. The number of hydrogen-bond donors (Lipinski definition) is 3. The largest absolute Gasteiger partial charge is 0.398 e. The van der Waals surface area contributed by atoms with Gasteiger partial charge in [0.25, 0.3) is 10.0 Å². The Morgan fingerprint density at radius 2 is 2.00 bits per heavy atom. The highest BCUT2D eigenvalue weighted by Gasteiger charge is 2.21. The lowest BCUT2D eigenvalue weighted by molar-refractivity contribution is 0.570. The van der Waals surface area contributed by atoms with Crippen LogP contribution in [-0.4, -0.2) is 19.6 Å². The van der Waals surface area contributed by atoms with Crippen LogP contribution >= 0.6 is 0 Å². The molecule has 4 N–H and O–H groups in total. The molecule has 0 atom stereocenters. The van der Waals surface area contributed by atoms with E-state index >= 15 is 0 Å². The van der Waals surface area contributed by atoms with E-state index in [0.717, 1.165) is 24.4 Å². The summed E-state index contributed by atoms with van der Waals surface area (Å²) in [5.74, 6) is -2.25. The number of rotatable bonds is 4. The Morgan fingerprint density at radius 3 is 2.62 bits per heavy atom. The third kappa shape index (κ3) is 3.14. The maximum Gasteiger partial charge on any atom is 0.265 e. The molecule has 6 nitrogen and oxygen atoms in total. The number of aromatic nitrogens is 1. The molecule has 0 bridgehead atoms. The number of nitrogens with one attached hydrogen (secondary N) is 2. The molecule has 0 aliphatic carbocycles. The summed E-state index contributed by atoms with van der Waals surface area (Å²) in [6.07, 6.45) is 0.800. The van der Waals surface area contributed by atoms with Crippen molar-refractivity contribution in [2.24, 2.45) is 0 Å². The molecule has 0 aliphatic heterocycles. The predicted octanol–water partition coefficient (Wildman–Crippen LogP) is 1.74. The van der Waals surface area contributed by atoms with E-state index in [1.54, 1.807) is 0 Å². The minimum Gasteiger partial charge on any atom is -0.398 e. The standard InChI is InChI=1S/C12H10F2N4O2S/c13-8-5-9(16)7(6-15)4-10(8)21(19,20)18-12-3-1-2-11(14)17-12/h1-6,15H,16H2,(H,17,18). The van der Waals surface area contributed by atoms with E-state index in [0.29, 0.717) is 0 Å². The average molecular weight is 312 g/mol. The van der Waals surface area contributed by atoms with Crippen molar-refractivity contribution in [1.82, 2.24) is 4.98 Å². The minimum atomic E-state index is -4.32. The quantitative estimate of drug-likeness (QED) is 0.454. The molecule has 1 aromatic carbocycles. The lowest BCUT2D eigenvalue weighted by Gasteiger charge is -2.10. The van der Waals surface area contributed by atoms with E-state index in [9.17, 15) is 17.2 Å². The lowest BCUT2D eigenvalue weighted by atomic mass is 10.2. The van der Waals surface area contributed by atoms with E-state index in [1.165, 1.54) is 12.1 Å². The van der Waals surface area contributed by atoms with Gasteiger partial charge in [-0.1, -0.05) is 6.07 Å². The van der Waals surface area contributed by atoms with Gasteiger partial charge in [-0.3, -0.25) is 4.72 Å². The molecule has 9 heteroatoms. The summed E-state index contributed by atoms with van der Waals surface area (Å²) >= 11 is 0. The van der Waals surface area contributed by atoms with Gasteiger partial charge in [-0.05, 0) is 24.3 Å². The first kappa shape index (κ1) is 14.9. The monoisotopic (exact) mass is 312 g/mol. The van der Waals surface area contributed by atoms with Crippen molar-refractivity contribution in [2.75, 3.05) is 10.5 Å². The fraction of sp³-hybridized carbons (Fsp3) is 0. The summed E-state index contributed by atoms with van der Waals surface area (Å²) in [5, 5.41) is 7.10. The second-order valence-electron chi connectivity index (χ2n) is 4.01. The summed E-state index contributed by atoms with van der Waals surface area (Å²) in [6, 6.07) is 5.22. The summed E-state index contributed by atoms with van der Waals surface area (Å²) in [6.45, 7) is 0. The Hall–Kier alpha value is -2.55. The van der Waals surface area contributed by atoms with Crippen molar-refractivity contribution in [3.8, 4) is 0 Å². The molecule has 1 aromatic heterocycles. The number of sulfonamides is 1. The molecule has 0 amide bonds. The molecule has 2 rings (SSSR count). The maximum atomic E-state index is 13.8. The van der Waals surface area contributed by atoms with Crippen molar-refractivity contribution >= 4 is 27.7 Å². The zero-order valence-electron chi connectivity index (χ0n) is 10.5. The number of nitrogens with zero attached hydrogens (tertiary/aromatic N) is 1. The summed E-state index contributed by atoms with van der Waals surface area (Å²) in [4.78, 5) is 2.62.